The molecule has 0 unspecified atom stereocenters. The van der Waals surface area contributed by atoms with E-state index >= 15 is 0 Å². The maximum Gasteiger partial charge on any atom is 0.334 e. The Labute approximate surface area is 143 Å². The molecular weight excluding hydrogens is 308 g/mol. The van der Waals surface area contributed by atoms with Crippen molar-refractivity contribution in [2.45, 2.75) is 44.8 Å². The van der Waals surface area contributed by atoms with Gasteiger partial charge < -0.3 is 14.2 Å². The Balaban J connectivity index is 2.12. The van der Waals surface area contributed by atoms with Crippen LogP contribution in [0.25, 0.3) is 0 Å². The SMILES string of the molecule is COC(=O)C1=C[C@H]2C[C@@](C)(C3=CCCCC3)[C@@H]1C(=O)C2(OC)OC. The van der Waals surface area contributed by atoms with Crippen LogP contribution in [0, 0.1) is 17.3 Å². The number of carbonyl (C=O) groups excluding carboxylic acids is 2. The van der Waals surface area contributed by atoms with Crippen molar-refractivity contribution in [1.29, 1.82) is 0 Å². The molecule has 4 rings (SSSR count). The summed E-state index contributed by atoms with van der Waals surface area (Å²) in [4.78, 5) is 25.7. The molecule has 2 bridgehead atoms. The van der Waals surface area contributed by atoms with Crippen LogP contribution in [0.2, 0.25) is 0 Å². The lowest BCUT2D eigenvalue weighted by Crippen LogP contribution is -2.64. The number of allylic oxidation sites excluding steroid dienone is 2. The zero-order valence-corrected chi connectivity index (χ0v) is 14.9. The highest BCUT2D eigenvalue weighted by atomic mass is 16.7. The molecule has 5 heteroatoms. The third kappa shape index (κ3) is 2.21. The monoisotopic (exact) mass is 334 g/mol. The quantitative estimate of drug-likeness (QED) is 0.449. The van der Waals surface area contributed by atoms with Gasteiger partial charge in [0.15, 0.2) is 0 Å². The molecule has 1 saturated carbocycles. The van der Waals surface area contributed by atoms with E-state index in [0.717, 1.165) is 25.7 Å². The fourth-order valence-electron chi connectivity index (χ4n) is 4.91. The molecule has 0 N–H and O–H groups in total. The van der Waals surface area contributed by atoms with Crippen LogP contribution in [-0.4, -0.2) is 38.9 Å². The van der Waals surface area contributed by atoms with Crippen LogP contribution in [0.4, 0.5) is 0 Å². The number of methoxy groups -OCH3 is 3. The maximum atomic E-state index is 13.3. The molecule has 3 atom stereocenters. The fraction of sp³-hybridized carbons (Fsp3) is 0.684. The predicted octanol–water partition coefficient (Wildman–Crippen LogP) is 2.80. The molecule has 4 aliphatic rings. The zero-order valence-electron chi connectivity index (χ0n) is 14.9. The number of ketones is 1. The van der Waals surface area contributed by atoms with Gasteiger partial charge in [0.25, 0.3) is 0 Å². The first-order valence-corrected chi connectivity index (χ1v) is 8.58. The van der Waals surface area contributed by atoms with E-state index < -0.39 is 17.7 Å². The Morgan fingerprint density at radius 2 is 1.92 bits per heavy atom. The van der Waals surface area contributed by atoms with Gasteiger partial charge >= 0.3 is 5.97 Å². The van der Waals surface area contributed by atoms with Gasteiger partial charge in [0.1, 0.15) is 0 Å². The number of hydrogen-bond acceptors (Lipinski definition) is 5. The topological polar surface area (TPSA) is 61.8 Å². The average Bonchev–Trinajstić information content (AvgIpc) is 2.62. The van der Waals surface area contributed by atoms with Gasteiger partial charge in [0.05, 0.1) is 13.0 Å². The first-order chi connectivity index (χ1) is 11.4. The van der Waals surface area contributed by atoms with E-state index in [1.165, 1.54) is 33.3 Å². The van der Waals surface area contributed by atoms with Crippen LogP contribution in [0.1, 0.15) is 39.0 Å². The molecule has 0 spiro atoms. The van der Waals surface area contributed by atoms with Gasteiger partial charge in [-0.3, -0.25) is 4.79 Å². The minimum Gasteiger partial charge on any atom is -0.466 e. The second-order valence-electron chi connectivity index (χ2n) is 7.19. The van der Waals surface area contributed by atoms with Crippen molar-refractivity contribution in [1.82, 2.24) is 0 Å². The fourth-order valence-corrected chi connectivity index (χ4v) is 4.91. The minimum absolute atomic E-state index is 0.166. The molecule has 0 aromatic carbocycles. The second-order valence-corrected chi connectivity index (χ2v) is 7.19. The highest BCUT2D eigenvalue weighted by Gasteiger charge is 2.65. The number of ether oxygens (including phenoxy) is 3. The van der Waals surface area contributed by atoms with E-state index in [4.69, 9.17) is 14.2 Å². The third-order valence-corrected chi connectivity index (χ3v) is 6.12. The van der Waals surface area contributed by atoms with Crippen molar-refractivity contribution in [3.8, 4) is 0 Å². The van der Waals surface area contributed by atoms with Gasteiger partial charge in [-0.05, 0) is 32.1 Å². The molecule has 0 heterocycles. The molecule has 0 radical (unpaired) electrons. The molecule has 0 amide bonds. The summed E-state index contributed by atoms with van der Waals surface area (Å²) in [6.07, 6.45) is 9.15. The summed E-state index contributed by atoms with van der Waals surface area (Å²) in [7, 11) is 4.34. The van der Waals surface area contributed by atoms with Crippen molar-refractivity contribution in [3.05, 3.63) is 23.3 Å². The van der Waals surface area contributed by atoms with Crippen LogP contribution in [0.5, 0.6) is 0 Å². The summed E-state index contributed by atoms with van der Waals surface area (Å²) in [5.41, 5.74) is 1.37. The minimum atomic E-state index is -1.29. The van der Waals surface area contributed by atoms with Crippen molar-refractivity contribution < 1.29 is 23.8 Å². The Hall–Kier alpha value is -1.46. The van der Waals surface area contributed by atoms with Crippen LogP contribution in [0.3, 0.4) is 0 Å². The summed E-state index contributed by atoms with van der Waals surface area (Å²) in [5, 5.41) is 0. The predicted molar refractivity (Wildman–Crippen MR) is 88.1 cm³/mol. The number of carbonyl (C=O) groups is 2. The largest absolute Gasteiger partial charge is 0.466 e. The van der Waals surface area contributed by atoms with Crippen molar-refractivity contribution in [2.24, 2.45) is 17.3 Å². The summed E-state index contributed by atoms with van der Waals surface area (Å²) in [6, 6.07) is 0. The van der Waals surface area contributed by atoms with Crippen molar-refractivity contribution in [3.63, 3.8) is 0 Å². The van der Waals surface area contributed by atoms with E-state index in [2.05, 4.69) is 13.0 Å². The van der Waals surface area contributed by atoms with E-state index in [1.807, 2.05) is 6.08 Å². The molecule has 24 heavy (non-hydrogen) atoms. The molecule has 5 nitrogen and oxygen atoms in total. The third-order valence-electron chi connectivity index (χ3n) is 6.12. The Bertz CT molecular complexity index is 613. The van der Waals surface area contributed by atoms with E-state index in [9.17, 15) is 9.59 Å². The van der Waals surface area contributed by atoms with Crippen LogP contribution < -0.4 is 0 Å². The lowest BCUT2D eigenvalue weighted by Gasteiger charge is -2.55. The lowest BCUT2D eigenvalue weighted by atomic mass is 9.51. The number of Topliss-reactive ketones (excluding diaryl/α,β-unsaturated/α-hetero) is 1. The van der Waals surface area contributed by atoms with Gasteiger partial charge in [0, 0.05) is 31.1 Å². The standard InChI is InChI=1S/C19H26O5/c1-18(12-8-6-5-7-9-12)11-13-10-14(17(21)22-2)15(18)16(20)19(13,23-3)24-4/h8,10,13,15H,5-7,9,11H2,1-4H3/t13-,15-,18-/m0/s1. The number of fused-ring (bicyclic) bond motifs is 2. The Kier molecular flexibility index (Phi) is 4.43. The van der Waals surface area contributed by atoms with Crippen molar-refractivity contribution in [2.75, 3.05) is 21.3 Å². The molecule has 132 valence electrons. The Morgan fingerprint density at radius 3 is 2.42 bits per heavy atom. The first kappa shape index (κ1) is 17.4. The molecular formula is C19H26O5. The highest BCUT2D eigenvalue weighted by Crippen LogP contribution is 2.59. The molecule has 0 aromatic heterocycles. The number of hydrogen-bond donors (Lipinski definition) is 0. The normalized spacial score (nSPS) is 34.6. The second kappa shape index (κ2) is 6.12. The van der Waals surface area contributed by atoms with E-state index in [-0.39, 0.29) is 17.1 Å². The summed E-state index contributed by atoms with van der Waals surface area (Å²) < 4.78 is 16.0. The summed E-state index contributed by atoms with van der Waals surface area (Å²) in [6.45, 7) is 2.10. The van der Waals surface area contributed by atoms with Crippen molar-refractivity contribution >= 4 is 11.8 Å². The van der Waals surface area contributed by atoms with Gasteiger partial charge in [-0.2, -0.15) is 0 Å². The maximum absolute atomic E-state index is 13.3. The molecule has 4 aliphatic carbocycles. The summed E-state index contributed by atoms with van der Waals surface area (Å²) in [5.74, 6) is -2.77. The zero-order chi connectivity index (χ0) is 17.5. The Morgan fingerprint density at radius 1 is 1.21 bits per heavy atom. The van der Waals surface area contributed by atoms with Crippen LogP contribution in [0.15, 0.2) is 23.3 Å². The van der Waals surface area contributed by atoms with Gasteiger partial charge in [0.2, 0.25) is 11.6 Å². The van der Waals surface area contributed by atoms with E-state index in [1.54, 1.807) is 0 Å². The molecule has 0 aromatic rings. The van der Waals surface area contributed by atoms with Gasteiger partial charge in [-0.25, -0.2) is 4.79 Å². The van der Waals surface area contributed by atoms with Crippen LogP contribution >= 0.6 is 0 Å². The average molecular weight is 334 g/mol. The van der Waals surface area contributed by atoms with Gasteiger partial charge in [-0.1, -0.05) is 24.6 Å². The number of esters is 1. The molecule has 1 fully saturated rings. The molecule has 0 aliphatic heterocycles. The van der Waals surface area contributed by atoms with Crippen LogP contribution in [-0.2, 0) is 23.8 Å². The van der Waals surface area contributed by atoms with E-state index in [0.29, 0.717) is 5.57 Å². The smallest absolute Gasteiger partial charge is 0.334 e. The summed E-state index contributed by atoms with van der Waals surface area (Å²) >= 11 is 0. The first-order valence-electron chi connectivity index (χ1n) is 8.58. The van der Waals surface area contributed by atoms with Gasteiger partial charge in [-0.15, -0.1) is 0 Å². The molecule has 0 saturated heterocycles. The highest BCUT2D eigenvalue weighted by molar-refractivity contribution is 6.04. The number of rotatable bonds is 4. The lowest BCUT2D eigenvalue weighted by molar-refractivity contribution is -0.245.